The maximum atomic E-state index is 3.35. The van der Waals surface area contributed by atoms with Crippen molar-refractivity contribution < 1.29 is 0 Å². The van der Waals surface area contributed by atoms with Gasteiger partial charge in [0.15, 0.2) is 0 Å². The van der Waals surface area contributed by atoms with Gasteiger partial charge in [0.1, 0.15) is 0 Å². The predicted octanol–water partition coefficient (Wildman–Crippen LogP) is 2.77. The molecule has 1 aromatic heterocycles. The molecule has 0 saturated carbocycles. The Morgan fingerprint density at radius 2 is 2.07 bits per heavy atom. The molecule has 80 valence electrons. The molecule has 0 saturated heterocycles. The third-order valence-corrected chi connectivity index (χ3v) is 2.76. The predicted molar refractivity (Wildman–Crippen MR) is 65.0 cm³/mol. The Balaban J connectivity index is 2.35. The van der Waals surface area contributed by atoms with Crippen LogP contribution in [0, 0.1) is 0 Å². The Kier molecular flexibility index (Phi) is 3.07. The quantitative estimate of drug-likeness (QED) is 0.806. The molecule has 0 bridgehead atoms. The molecule has 0 radical (unpaired) electrons. The first-order valence-electron chi connectivity index (χ1n) is 5.63. The monoisotopic (exact) mass is 202 g/mol. The molecule has 0 atom stereocenters. The van der Waals surface area contributed by atoms with Gasteiger partial charge in [-0.05, 0) is 36.6 Å². The van der Waals surface area contributed by atoms with E-state index in [2.05, 4.69) is 54.2 Å². The van der Waals surface area contributed by atoms with Crippen LogP contribution in [0.25, 0.3) is 10.9 Å². The molecule has 0 aliphatic heterocycles. The highest BCUT2D eigenvalue weighted by molar-refractivity contribution is 5.80. The summed E-state index contributed by atoms with van der Waals surface area (Å²) in [7, 11) is 0. The Hall–Kier alpha value is -1.28. The first kappa shape index (κ1) is 10.2. The number of aromatic nitrogens is 1. The summed E-state index contributed by atoms with van der Waals surface area (Å²) in [5.41, 5.74) is 2.70. The largest absolute Gasteiger partial charge is 0.348 e. The van der Waals surface area contributed by atoms with Crippen molar-refractivity contribution in [1.29, 1.82) is 0 Å². The van der Waals surface area contributed by atoms with Gasteiger partial charge in [0.2, 0.25) is 0 Å². The molecule has 0 aliphatic carbocycles. The SMILES string of the molecule is CCNCc1ccc2ccn(CC)c2c1. The van der Waals surface area contributed by atoms with E-state index in [0.29, 0.717) is 0 Å². The van der Waals surface area contributed by atoms with E-state index in [4.69, 9.17) is 0 Å². The second-order valence-corrected chi connectivity index (χ2v) is 3.78. The lowest BCUT2D eigenvalue weighted by Gasteiger charge is -2.05. The van der Waals surface area contributed by atoms with Crippen LogP contribution in [0.5, 0.6) is 0 Å². The zero-order valence-corrected chi connectivity index (χ0v) is 9.46. The zero-order valence-electron chi connectivity index (χ0n) is 9.46. The number of nitrogens with zero attached hydrogens (tertiary/aromatic N) is 1. The Morgan fingerprint density at radius 3 is 2.80 bits per heavy atom. The van der Waals surface area contributed by atoms with Gasteiger partial charge in [-0.1, -0.05) is 19.1 Å². The molecular formula is C13H18N2. The van der Waals surface area contributed by atoms with Gasteiger partial charge in [-0.2, -0.15) is 0 Å². The first-order chi connectivity index (χ1) is 7.35. The van der Waals surface area contributed by atoms with Crippen LogP contribution in [0.1, 0.15) is 19.4 Å². The van der Waals surface area contributed by atoms with E-state index >= 15 is 0 Å². The van der Waals surface area contributed by atoms with Crippen molar-refractivity contribution in [2.45, 2.75) is 26.9 Å². The smallest absolute Gasteiger partial charge is 0.0483 e. The lowest BCUT2D eigenvalue weighted by Crippen LogP contribution is -2.11. The Morgan fingerprint density at radius 1 is 1.20 bits per heavy atom. The normalized spacial score (nSPS) is 11.1. The number of rotatable bonds is 4. The van der Waals surface area contributed by atoms with E-state index in [0.717, 1.165) is 19.6 Å². The molecule has 2 rings (SSSR count). The molecule has 0 fully saturated rings. The number of aryl methyl sites for hydroxylation is 1. The molecular weight excluding hydrogens is 184 g/mol. The van der Waals surface area contributed by atoms with Crippen molar-refractivity contribution in [3.8, 4) is 0 Å². The summed E-state index contributed by atoms with van der Waals surface area (Å²) in [5.74, 6) is 0. The van der Waals surface area contributed by atoms with E-state index in [1.165, 1.54) is 16.5 Å². The molecule has 15 heavy (non-hydrogen) atoms. The molecule has 2 aromatic rings. The van der Waals surface area contributed by atoms with Crippen LogP contribution < -0.4 is 5.32 Å². The average Bonchev–Trinajstić information content (AvgIpc) is 2.68. The fourth-order valence-corrected chi connectivity index (χ4v) is 1.88. The molecule has 0 aliphatic rings. The van der Waals surface area contributed by atoms with Crippen LogP contribution in [0.15, 0.2) is 30.5 Å². The fourth-order valence-electron chi connectivity index (χ4n) is 1.88. The topological polar surface area (TPSA) is 17.0 Å². The fraction of sp³-hybridized carbons (Fsp3) is 0.385. The lowest BCUT2D eigenvalue weighted by atomic mass is 10.1. The van der Waals surface area contributed by atoms with Crippen LogP contribution in [0.4, 0.5) is 0 Å². The van der Waals surface area contributed by atoms with Gasteiger partial charge in [-0.3, -0.25) is 0 Å². The summed E-state index contributed by atoms with van der Waals surface area (Å²) >= 11 is 0. The van der Waals surface area contributed by atoms with Crippen LogP contribution in [0.3, 0.4) is 0 Å². The minimum atomic E-state index is 0.960. The lowest BCUT2D eigenvalue weighted by molar-refractivity contribution is 0.726. The summed E-state index contributed by atoms with van der Waals surface area (Å²) in [5, 5.41) is 4.68. The number of hydrogen-bond acceptors (Lipinski definition) is 1. The zero-order chi connectivity index (χ0) is 10.7. The summed E-state index contributed by atoms with van der Waals surface area (Å²) in [6.07, 6.45) is 2.15. The molecule has 1 N–H and O–H groups in total. The van der Waals surface area contributed by atoms with Gasteiger partial charge in [-0.25, -0.2) is 0 Å². The van der Waals surface area contributed by atoms with E-state index in [1.54, 1.807) is 0 Å². The number of hydrogen-bond donors (Lipinski definition) is 1. The van der Waals surface area contributed by atoms with Gasteiger partial charge in [0, 0.05) is 24.8 Å². The molecule has 1 heterocycles. The maximum Gasteiger partial charge on any atom is 0.0483 e. The molecule has 2 nitrogen and oxygen atoms in total. The Labute approximate surface area is 90.9 Å². The van der Waals surface area contributed by atoms with Gasteiger partial charge in [-0.15, -0.1) is 0 Å². The van der Waals surface area contributed by atoms with Crippen molar-refractivity contribution in [2.24, 2.45) is 0 Å². The molecule has 0 spiro atoms. The highest BCUT2D eigenvalue weighted by atomic mass is 14.9. The summed E-state index contributed by atoms with van der Waals surface area (Å²) in [6.45, 7) is 7.33. The van der Waals surface area contributed by atoms with Crippen molar-refractivity contribution in [3.05, 3.63) is 36.0 Å². The van der Waals surface area contributed by atoms with Gasteiger partial charge in [0.05, 0.1) is 0 Å². The number of nitrogens with one attached hydrogen (secondary N) is 1. The van der Waals surface area contributed by atoms with E-state index in [-0.39, 0.29) is 0 Å². The van der Waals surface area contributed by atoms with Crippen LogP contribution in [0.2, 0.25) is 0 Å². The van der Waals surface area contributed by atoms with Crippen molar-refractivity contribution >= 4 is 10.9 Å². The minimum Gasteiger partial charge on any atom is -0.348 e. The first-order valence-corrected chi connectivity index (χ1v) is 5.63. The highest BCUT2D eigenvalue weighted by Crippen LogP contribution is 2.17. The third kappa shape index (κ3) is 2.05. The van der Waals surface area contributed by atoms with Crippen LogP contribution in [-0.2, 0) is 13.1 Å². The van der Waals surface area contributed by atoms with Crippen LogP contribution >= 0.6 is 0 Å². The minimum absolute atomic E-state index is 0.960. The third-order valence-electron chi connectivity index (χ3n) is 2.76. The van der Waals surface area contributed by atoms with E-state index < -0.39 is 0 Å². The van der Waals surface area contributed by atoms with Crippen molar-refractivity contribution in [3.63, 3.8) is 0 Å². The number of benzene rings is 1. The summed E-state index contributed by atoms with van der Waals surface area (Å²) < 4.78 is 2.28. The van der Waals surface area contributed by atoms with E-state index in [1.807, 2.05) is 0 Å². The average molecular weight is 202 g/mol. The van der Waals surface area contributed by atoms with Gasteiger partial charge in [0.25, 0.3) is 0 Å². The second kappa shape index (κ2) is 4.49. The van der Waals surface area contributed by atoms with Crippen molar-refractivity contribution in [1.82, 2.24) is 9.88 Å². The second-order valence-electron chi connectivity index (χ2n) is 3.78. The molecule has 0 amide bonds. The summed E-state index contributed by atoms with van der Waals surface area (Å²) in [4.78, 5) is 0. The van der Waals surface area contributed by atoms with E-state index in [9.17, 15) is 0 Å². The highest BCUT2D eigenvalue weighted by Gasteiger charge is 2.00. The summed E-state index contributed by atoms with van der Waals surface area (Å²) in [6, 6.07) is 8.86. The standard InChI is InChI=1S/C13H18N2/c1-3-14-10-11-5-6-12-7-8-15(4-2)13(12)9-11/h5-9,14H,3-4,10H2,1-2H3. The molecule has 1 aromatic carbocycles. The number of fused-ring (bicyclic) bond motifs is 1. The molecule has 2 heteroatoms. The van der Waals surface area contributed by atoms with Gasteiger partial charge >= 0.3 is 0 Å². The van der Waals surface area contributed by atoms with Gasteiger partial charge < -0.3 is 9.88 Å². The molecule has 0 unspecified atom stereocenters. The Bertz CT molecular complexity index is 443. The maximum absolute atomic E-state index is 3.35. The van der Waals surface area contributed by atoms with Crippen molar-refractivity contribution in [2.75, 3.05) is 6.54 Å². The van der Waals surface area contributed by atoms with Crippen LogP contribution in [-0.4, -0.2) is 11.1 Å².